The van der Waals surface area contributed by atoms with E-state index in [4.69, 9.17) is 4.74 Å². The van der Waals surface area contributed by atoms with Crippen LogP contribution in [0.5, 0.6) is 5.75 Å². The highest BCUT2D eigenvalue weighted by Crippen LogP contribution is 2.28. The third kappa shape index (κ3) is 5.38. The molecule has 1 aromatic carbocycles. The van der Waals surface area contributed by atoms with Crippen LogP contribution >= 0.6 is 0 Å². The van der Waals surface area contributed by atoms with Crippen molar-refractivity contribution in [3.8, 4) is 5.75 Å². The topological polar surface area (TPSA) is 71.5 Å². The van der Waals surface area contributed by atoms with E-state index in [9.17, 15) is 9.59 Å². The molecule has 0 saturated carbocycles. The molecule has 0 radical (unpaired) electrons. The summed E-state index contributed by atoms with van der Waals surface area (Å²) < 4.78 is 5.88. The van der Waals surface area contributed by atoms with Gasteiger partial charge in [0, 0.05) is 19.3 Å². The Hall–Kier alpha value is -2.89. The predicted molar refractivity (Wildman–Crippen MR) is 118 cm³/mol. The second-order valence-electron chi connectivity index (χ2n) is 7.97. The van der Waals surface area contributed by atoms with E-state index in [0.717, 1.165) is 36.1 Å². The van der Waals surface area contributed by atoms with Crippen molar-refractivity contribution >= 4 is 17.6 Å². The third-order valence-corrected chi connectivity index (χ3v) is 5.81. The van der Waals surface area contributed by atoms with Crippen molar-refractivity contribution in [2.75, 3.05) is 25.0 Å². The maximum absolute atomic E-state index is 12.8. The SMILES string of the molecule is CCC(C)c1ccccc1OCC(=O)N1CCCC(C(=O)Nc2ncccc2C)C1. The quantitative estimate of drug-likeness (QED) is 0.745. The van der Waals surface area contributed by atoms with Gasteiger partial charge in [-0.2, -0.15) is 0 Å². The molecule has 2 unspecified atom stereocenters. The van der Waals surface area contributed by atoms with E-state index in [1.165, 1.54) is 0 Å². The van der Waals surface area contributed by atoms with Gasteiger partial charge in [0.25, 0.3) is 5.91 Å². The van der Waals surface area contributed by atoms with Gasteiger partial charge in [-0.15, -0.1) is 0 Å². The minimum absolute atomic E-state index is 0.0128. The summed E-state index contributed by atoms with van der Waals surface area (Å²) in [7, 11) is 0. The first kappa shape index (κ1) is 21.8. The molecule has 1 aliphatic rings. The van der Waals surface area contributed by atoms with Crippen molar-refractivity contribution in [2.24, 2.45) is 5.92 Å². The average molecular weight is 410 g/mol. The zero-order chi connectivity index (χ0) is 21.5. The molecule has 1 N–H and O–H groups in total. The van der Waals surface area contributed by atoms with Crippen molar-refractivity contribution in [3.05, 3.63) is 53.7 Å². The van der Waals surface area contributed by atoms with Crippen LogP contribution in [-0.4, -0.2) is 41.4 Å². The molecule has 6 nitrogen and oxygen atoms in total. The number of ether oxygens (including phenoxy) is 1. The smallest absolute Gasteiger partial charge is 0.260 e. The molecule has 30 heavy (non-hydrogen) atoms. The van der Waals surface area contributed by atoms with Gasteiger partial charge in [0.2, 0.25) is 5.91 Å². The number of aromatic nitrogens is 1. The van der Waals surface area contributed by atoms with Gasteiger partial charge in [-0.3, -0.25) is 9.59 Å². The Morgan fingerprint density at radius 2 is 2.07 bits per heavy atom. The number of likely N-dealkylation sites (tertiary alicyclic amines) is 1. The van der Waals surface area contributed by atoms with Crippen LogP contribution in [0.3, 0.4) is 0 Å². The molecule has 0 spiro atoms. The van der Waals surface area contributed by atoms with E-state index in [2.05, 4.69) is 30.2 Å². The zero-order valence-electron chi connectivity index (χ0n) is 18.1. The van der Waals surface area contributed by atoms with Gasteiger partial charge in [0.05, 0.1) is 5.92 Å². The lowest BCUT2D eigenvalue weighted by molar-refractivity contribution is -0.136. The molecule has 0 bridgehead atoms. The molecule has 0 aliphatic carbocycles. The Bertz CT molecular complexity index is 884. The number of pyridine rings is 1. The molecule has 1 aromatic heterocycles. The number of hydrogen-bond acceptors (Lipinski definition) is 4. The minimum atomic E-state index is -0.239. The standard InChI is InChI=1S/C24H31N3O3/c1-4-17(2)20-11-5-6-12-21(20)30-16-22(28)27-14-8-10-19(15-27)24(29)26-23-18(3)9-7-13-25-23/h5-7,9,11-13,17,19H,4,8,10,14-16H2,1-3H3,(H,25,26,29). The second-order valence-corrected chi connectivity index (χ2v) is 7.97. The van der Waals surface area contributed by atoms with Crippen molar-refractivity contribution in [2.45, 2.75) is 46.0 Å². The number of carbonyl (C=O) groups is 2. The molecular weight excluding hydrogens is 378 g/mol. The monoisotopic (exact) mass is 409 g/mol. The van der Waals surface area contributed by atoms with Gasteiger partial charge in [0.1, 0.15) is 11.6 Å². The number of nitrogens with zero attached hydrogens (tertiary/aromatic N) is 2. The van der Waals surface area contributed by atoms with E-state index < -0.39 is 0 Å². The number of hydrogen-bond donors (Lipinski definition) is 1. The van der Waals surface area contributed by atoms with Crippen LogP contribution in [0.4, 0.5) is 5.82 Å². The average Bonchev–Trinajstić information content (AvgIpc) is 2.78. The molecule has 2 aromatic rings. The van der Waals surface area contributed by atoms with Crippen molar-refractivity contribution < 1.29 is 14.3 Å². The summed E-state index contributed by atoms with van der Waals surface area (Å²) in [4.78, 5) is 31.4. The normalized spacial score (nSPS) is 17.3. The van der Waals surface area contributed by atoms with Gasteiger partial charge < -0.3 is 15.0 Å². The summed E-state index contributed by atoms with van der Waals surface area (Å²) in [6.45, 7) is 7.25. The first-order valence-electron chi connectivity index (χ1n) is 10.7. The first-order chi connectivity index (χ1) is 14.5. The highest BCUT2D eigenvalue weighted by Gasteiger charge is 2.29. The van der Waals surface area contributed by atoms with Crippen molar-refractivity contribution in [1.82, 2.24) is 9.88 Å². The first-order valence-corrected chi connectivity index (χ1v) is 10.7. The maximum Gasteiger partial charge on any atom is 0.260 e. The Labute approximate surface area is 178 Å². The summed E-state index contributed by atoms with van der Waals surface area (Å²) in [6.07, 6.45) is 4.23. The van der Waals surface area contributed by atoms with Gasteiger partial charge in [-0.25, -0.2) is 4.98 Å². The second kappa shape index (κ2) is 10.2. The number of anilines is 1. The summed E-state index contributed by atoms with van der Waals surface area (Å²) >= 11 is 0. The molecule has 160 valence electrons. The molecule has 6 heteroatoms. The van der Waals surface area contributed by atoms with E-state index in [1.54, 1.807) is 11.1 Å². The van der Waals surface area contributed by atoms with Crippen LogP contribution in [0.1, 0.15) is 50.2 Å². The number of benzene rings is 1. The van der Waals surface area contributed by atoms with Gasteiger partial charge >= 0.3 is 0 Å². The van der Waals surface area contributed by atoms with E-state index in [1.807, 2.05) is 37.3 Å². The highest BCUT2D eigenvalue weighted by molar-refractivity contribution is 5.93. The molecule has 2 amide bonds. The van der Waals surface area contributed by atoms with Crippen LogP contribution in [0.25, 0.3) is 0 Å². The van der Waals surface area contributed by atoms with Crippen molar-refractivity contribution in [3.63, 3.8) is 0 Å². The zero-order valence-corrected chi connectivity index (χ0v) is 18.1. The van der Waals surface area contributed by atoms with Gasteiger partial charge in [-0.05, 0) is 55.4 Å². The number of aryl methyl sites for hydroxylation is 1. The molecule has 2 heterocycles. The molecule has 3 rings (SSSR count). The Kier molecular flexibility index (Phi) is 7.44. The van der Waals surface area contributed by atoms with Crippen molar-refractivity contribution in [1.29, 1.82) is 0 Å². The molecule has 2 atom stereocenters. The number of para-hydroxylation sites is 1. The molecular formula is C24H31N3O3. The number of rotatable bonds is 7. The summed E-state index contributed by atoms with van der Waals surface area (Å²) in [5.74, 6) is 1.30. The molecule has 1 aliphatic heterocycles. The lowest BCUT2D eigenvalue weighted by atomic mass is 9.97. The van der Waals surface area contributed by atoms with Crippen LogP contribution < -0.4 is 10.1 Å². The number of carbonyl (C=O) groups excluding carboxylic acids is 2. The molecule has 1 saturated heterocycles. The lowest BCUT2D eigenvalue weighted by Gasteiger charge is -2.32. The fourth-order valence-electron chi connectivity index (χ4n) is 3.72. The van der Waals surface area contributed by atoms with E-state index >= 15 is 0 Å². The van der Waals surface area contributed by atoms with Crippen LogP contribution in [0.15, 0.2) is 42.6 Å². The summed E-state index contributed by atoms with van der Waals surface area (Å²) in [5, 5.41) is 2.90. The van der Waals surface area contributed by atoms with Crippen LogP contribution in [0.2, 0.25) is 0 Å². The maximum atomic E-state index is 12.8. The highest BCUT2D eigenvalue weighted by atomic mass is 16.5. The summed E-state index contributed by atoms with van der Waals surface area (Å²) in [5.41, 5.74) is 2.04. The third-order valence-electron chi connectivity index (χ3n) is 5.81. The van der Waals surface area contributed by atoms with E-state index in [-0.39, 0.29) is 24.3 Å². The minimum Gasteiger partial charge on any atom is -0.483 e. The number of piperidine rings is 1. The fourth-order valence-corrected chi connectivity index (χ4v) is 3.72. The Morgan fingerprint density at radius 3 is 2.83 bits per heavy atom. The van der Waals surface area contributed by atoms with Gasteiger partial charge in [0.15, 0.2) is 6.61 Å². The van der Waals surface area contributed by atoms with E-state index in [0.29, 0.717) is 24.8 Å². The predicted octanol–water partition coefficient (Wildman–Crippen LogP) is 4.16. The number of nitrogens with one attached hydrogen (secondary N) is 1. The Balaban J connectivity index is 1.57. The Morgan fingerprint density at radius 1 is 1.27 bits per heavy atom. The van der Waals surface area contributed by atoms with Crippen LogP contribution in [-0.2, 0) is 9.59 Å². The van der Waals surface area contributed by atoms with Crippen LogP contribution in [0, 0.1) is 12.8 Å². The summed E-state index contributed by atoms with van der Waals surface area (Å²) in [6, 6.07) is 11.6. The molecule has 1 fully saturated rings. The fraction of sp³-hybridized carbons (Fsp3) is 0.458. The largest absolute Gasteiger partial charge is 0.483 e. The lowest BCUT2D eigenvalue weighted by Crippen LogP contribution is -2.45. The van der Waals surface area contributed by atoms with Gasteiger partial charge in [-0.1, -0.05) is 38.1 Å². The number of amides is 2.